The molecular formula is C27H27NO. The maximum Gasteiger partial charge on any atom is 0.119 e. The molecule has 29 heavy (non-hydrogen) atoms. The molecule has 2 nitrogen and oxygen atoms in total. The third kappa shape index (κ3) is 3.44. The number of fused-ring (bicyclic) bond motifs is 3. The number of allylic oxidation sites excluding steroid dienone is 2. The molecule has 3 unspecified atom stereocenters. The molecule has 0 saturated carbocycles. The van der Waals surface area contributed by atoms with Crippen molar-refractivity contribution in [3.63, 3.8) is 0 Å². The number of rotatable bonds is 4. The first-order valence-corrected chi connectivity index (χ1v) is 10.5. The Balaban J connectivity index is 1.38. The Morgan fingerprint density at radius 2 is 1.76 bits per heavy atom. The molecule has 3 atom stereocenters. The van der Waals surface area contributed by atoms with Crippen LogP contribution < -0.4 is 10.1 Å². The fourth-order valence-electron chi connectivity index (χ4n) is 4.98. The molecule has 2 heteroatoms. The standard InChI is InChI=1S/C27H27NO/c1-18-15-19(2)26-23-9-6-10-24(23)27(28-25(26)16-18)21-11-13-22(14-12-21)29-17-20-7-4-3-5-8-20/h3-9,11-16,23-24,27-28H,10,17H2,1-2H3. The fourth-order valence-corrected chi connectivity index (χ4v) is 4.98. The van der Waals surface area contributed by atoms with Crippen LogP contribution in [0, 0.1) is 19.8 Å². The zero-order valence-corrected chi connectivity index (χ0v) is 17.1. The van der Waals surface area contributed by atoms with Crippen molar-refractivity contribution in [2.24, 2.45) is 5.92 Å². The molecule has 0 saturated heterocycles. The summed E-state index contributed by atoms with van der Waals surface area (Å²) in [5.74, 6) is 1.99. The summed E-state index contributed by atoms with van der Waals surface area (Å²) in [4.78, 5) is 0. The van der Waals surface area contributed by atoms with E-state index in [-0.39, 0.29) is 0 Å². The minimum absolute atomic E-state index is 0.326. The Hall–Kier alpha value is -3.00. The van der Waals surface area contributed by atoms with Gasteiger partial charge < -0.3 is 10.1 Å². The van der Waals surface area contributed by atoms with Crippen LogP contribution in [0.25, 0.3) is 0 Å². The Morgan fingerprint density at radius 3 is 2.55 bits per heavy atom. The summed E-state index contributed by atoms with van der Waals surface area (Å²) in [5, 5.41) is 3.86. The highest BCUT2D eigenvalue weighted by Crippen LogP contribution is 2.51. The second-order valence-electron chi connectivity index (χ2n) is 8.36. The predicted molar refractivity (Wildman–Crippen MR) is 119 cm³/mol. The Morgan fingerprint density at radius 1 is 0.966 bits per heavy atom. The molecule has 146 valence electrons. The van der Waals surface area contributed by atoms with Crippen molar-refractivity contribution < 1.29 is 4.74 Å². The first-order valence-electron chi connectivity index (χ1n) is 10.5. The number of hydrogen-bond donors (Lipinski definition) is 1. The minimum atomic E-state index is 0.326. The third-order valence-corrected chi connectivity index (χ3v) is 6.30. The molecule has 5 rings (SSSR count). The lowest BCUT2D eigenvalue weighted by atomic mass is 9.75. The van der Waals surface area contributed by atoms with Gasteiger partial charge in [0, 0.05) is 11.6 Å². The van der Waals surface area contributed by atoms with E-state index in [1.807, 2.05) is 18.2 Å². The Bertz CT molecular complexity index is 1040. The maximum absolute atomic E-state index is 5.98. The molecule has 0 amide bonds. The number of hydrogen-bond acceptors (Lipinski definition) is 2. The average molecular weight is 382 g/mol. The largest absolute Gasteiger partial charge is 0.489 e. The minimum Gasteiger partial charge on any atom is -0.489 e. The van der Waals surface area contributed by atoms with Crippen LogP contribution in [-0.4, -0.2) is 0 Å². The monoisotopic (exact) mass is 381 g/mol. The maximum atomic E-state index is 5.98. The molecule has 0 radical (unpaired) electrons. The Kier molecular flexibility index (Phi) is 4.63. The van der Waals surface area contributed by atoms with Gasteiger partial charge in [0.2, 0.25) is 0 Å². The summed E-state index contributed by atoms with van der Waals surface area (Å²) in [6.45, 7) is 5.03. The lowest BCUT2D eigenvalue weighted by Crippen LogP contribution is -2.29. The summed E-state index contributed by atoms with van der Waals surface area (Å²) in [5.41, 5.74) is 8.01. The molecule has 0 aromatic heterocycles. The van der Waals surface area contributed by atoms with Crippen LogP contribution >= 0.6 is 0 Å². The topological polar surface area (TPSA) is 21.3 Å². The molecule has 0 bridgehead atoms. The number of nitrogens with one attached hydrogen (secondary N) is 1. The van der Waals surface area contributed by atoms with E-state index in [4.69, 9.17) is 4.74 Å². The van der Waals surface area contributed by atoms with Crippen molar-refractivity contribution in [3.05, 3.63) is 107 Å². The van der Waals surface area contributed by atoms with Crippen LogP contribution in [0.15, 0.2) is 78.9 Å². The quantitative estimate of drug-likeness (QED) is 0.507. The third-order valence-electron chi connectivity index (χ3n) is 6.30. The molecule has 1 aliphatic carbocycles. The highest BCUT2D eigenvalue weighted by Gasteiger charge is 2.38. The predicted octanol–water partition coefficient (Wildman–Crippen LogP) is 6.71. The summed E-state index contributed by atoms with van der Waals surface area (Å²) < 4.78 is 5.98. The molecule has 3 aromatic rings. The van der Waals surface area contributed by atoms with E-state index in [0.29, 0.717) is 24.5 Å². The van der Waals surface area contributed by atoms with E-state index in [2.05, 4.69) is 79.8 Å². The first-order chi connectivity index (χ1) is 14.2. The van der Waals surface area contributed by atoms with E-state index in [9.17, 15) is 0 Å². The van der Waals surface area contributed by atoms with E-state index in [1.165, 1.54) is 33.5 Å². The van der Waals surface area contributed by atoms with Gasteiger partial charge in [0.1, 0.15) is 12.4 Å². The first kappa shape index (κ1) is 18.1. The van der Waals surface area contributed by atoms with Gasteiger partial charge in [-0.1, -0.05) is 60.7 Å². The van der Waals surface area contributed by atoms with Crippen molar-refractivity contribution in [1.29, 1.82) is 0 Å². The molecule has 0 spiro atoms. The van der Waals surface area contributed by atoms with Gasteiger partial charge in [-0.05, 0) is 72.2 Å². The van der Waals surface area contributed by atoms with E-state index in [0.717, 1.165) is 12.2 Å². The van der Waals surface area contributed by atoms with Crippen molar-refractivity contribution in [2.75, 3.05) is 5.32 Å². The smallest absolute Gasteiger partial charge is 0.119 e. The van der Waals surface area contributed by atoms with Gasteiger partial charge in [0.25, 0.3) is 0 Å². The second-order valence-corrected chi connectivity index (χ2v) is 8.36. The summed E-state index contributed by atoms with van der Waals surface area (Å²) in [6.07, 6.45) is 5.90. The lowest BCUT2D eigenvalue weighted by Gasteiger charge is -2.38. The highest BCUT2D eigenvalue weighted by atomic mass is 16.5. The molecule has 1 aliphatic heterocycles. The number of aryl methyl sites for hydroxylation is 2. The van der Waals surface area contributed by atoms with Crippen LogP contribution in [0.5, 0.6) is 5.75 Å². The molecule has 1 N–H and O–H groups in total. The van der Waals surface area contributed by atoms with Crippen LogP contribution in [-0.2, 0) is 6.61 Å². The van der Waals surface area contributed by atoms with Crippen molar-refractivity contribution in [3.8, 4) is 5.75 Å². The van der Waals surface area contributed by atoms with Gasteiger partial charge in [-0.15, -0.1) is 0 Å². The number of benzene rings is 3. The highest BCUT2D eigenvalue weighted by molar-refractivity contribution is 5.63. The summed E-state index contributed by atoms with van der Waals surface area (Å²) in [6, 6.07) is 23.9. The van der Waals surface area contributed by atoms with Crippen LogP contribution in [0.4, 0.5) is 5.69 Å². The van der Waals surface area contributed by atoms with Crippen LogP contribution in [0.2, 0.25) is 0 Å². The molecule has 0 fully saturated rings. The fraction of sp³-hybridized carbons (Fsp3) is 0.259. The van der Waals surface area contributed by atoms with Gasteiger partial charge in [-0.2, -0.15) is 0 Å². The summed E-state index contributed by atoms with van der Waals surface area (Å²) in [7, 11) is 0. The number of anilines is 1. The van der Waals surface area contributed by atoms with Crippen molar-refractivity contribution in [1.82, 2.24) is 0 Å². The summed E-state index contributed by atoms with van der Waals surface area (Å²) >= 11 is 0. The van der Waals surface area contributed by atoms with Gasteiger partial charge >= 0.3 is 0 Å². The zero-order valence-electron chi connectivity index (χ0n) is 17.1. The molecule has 3 aromatic carbocycles. The molecule has 1 heterocycles. The van der Waals surface area contributed by atoms with Crippen molar-refractivity contribution in [2.45, 2.75) is 38.8 Å². The van der Waals surface area contributed by atoms with Gasteiger partial charge in [0.15, 0.2) is 0 Å². The van der Waals surface area contributed by atoms with E-state index >= 15 is 0 Å². The van der Waals surface area contributed by atoms with Crippen LogP contribution in [0.1, 0.15) is 46.2 Å². The zero-order chi connectivity index (χ0) is 19.8. The van der Waals surface area contributed by atoms with E-state index in [1.54, 1.807) is 0 Å². The second kappa shape index (κ2) is 7.44. The normalized spacial score (nSPS) is 21.9. The lowest BCUT2D eigenvalue weighted by molar-refractivity contribution is 0.306. The van der Waals surface area contributed by atoms with Gasteiger partial charge in [-0.3, -0.25) is 0 Å². The average Bonchev–Trinajstić information content (AvgIpc) is 3.22. The SMILES string of the molecule is Cc1cc(C)c2c(c1)NC(c1ccc(OCc3ccccc3)cc1)C1CC=CC21. The molecular weight excluding hydrogens is 354 g/mol. The van der Waals surface area contributed by atoms with Gasteiger partial charge in [-0.25, -0.2) is 0 Å². The number of ether oxygens (including phenoxy) is 1. The Labute approximate surface area is 173 Å². The van der Waals surface area contributed by atoms with Gasteiger partial charge in [0.05, 0.1) is 6.04 Å². The van der Waals surface area contributed by atoms with Crippen LogP contribution in [0.3, 0.4) is 0 Å². The van der Waals surface area contributed by atoms with Crippen molar-refractivity contribution >= 4 is 5.69 Å². The molecule has 2 aliphatic rings. The van der Waals surface area contributed by atoms with E-state index < -0.39 is 0 Å².